The maximum absolute atomic E-state index is 11.8. The Morgan fingerprint density at radius 3 is 2.65 bits per heavy atom. The van der Waals surface area contributed by atoms with Gasteiger partial charge in [-0.05, 0) is 18.6 Å². The summed E-state index contributed by atoms with van der Waals surface area (Å²) in [5, 5.41) is 3.34. The summed E-state index contributed by atoms with van der Waals surface area (Å²) in [5.74, 6) is -0.239. The van der Waals surface area contributed by atoms with Crippen LogP contribution < -0.4 is 10.9 Å². The Balaban J connectivity index is 2.92. The van der Waals surface area contributed by atoms with Crippen LogP contribution in [0.15, 0.2) is 29.1 Å². The monoisotopic (exact) mass is 230 g/mol. The lowest BCUT2D eigenvalue weighted by Gasteiger charge is -2.09. The van der Waals surface area contributed by atoms with E-state index in [9.17, 15) is 9.59 Å². The fourth-order valence-corrected chi connectivity index (χ4v) is 1.89. The zero-order chi connectivity index (χ0) is 12.6. The largest absolute Gasteiger partial charge is 0.355 e. The van der Waals surface area contributed by atoms with Gasteiger partial charge in [-0.2, -0.15) is 0 Å². The number of fused-ring (bicyclic) bond motifs is 1. The molecule has 2 aromatic rings. The van der Waals surface area contributed by atoms with Crippen molar-refractivity contribution in [2.45, 2.75) is 6.92 Å². The zero-order valence-electron chi connectivity index (χ0n) is 10.1. The second kappa shape index (κ2) is 4.05. The maximum atomic E-state index is 11.8. The van der Waals surface area contributed by atoms with Gasteiger partial charge in [0.25, 0.3) is 11.5 Å². The minimum atomic E-state index is -0.239. The molecule has 0 saturated carbocycles. The van der Waals surface area contributed by atoms with Gasteiger partial charge in [-0.3, -0.25) is 9.59 Å². The molecule has 0 radical (unpaired) electrons. The highest BCUT2D eigenvalue weighted by molar-refractivity contribution is 6.06. The van der Waals surface area contributed by atoms with Gasteiger partial charge in [0.1, 0.15) is 0 Å². The first-order valence-corrected chi connectivity index (χ1v) is 5.37. The Hall–Kier alpha value is -2.10. The molecule has 2 rings (SSSR count). The van der Waals surface area contributed by atoms with E-state index in [0.717, 1.165) is 16.5 Å². The number of aryl methyl sites for hydroxylation is 2. The standard InChI is InChI=1S/C13H14N2O2/c1-8-4-5-9-10(13(17)14-2)7-12(16)15(3)11(9)6-8/h4-7H,1-3H3,(H,14,17). The van der Waals surface area contributed by atoms with Crippen molar-refractivity contribution in [1.82, 2.24) is 9.88 Å². The normalized spacial score (nSPS) is 10.5. The van der Waals surface area contributed by atoms with Crippen LogP contribution in [0.2, 0.25) is 0 Å². The van der Waals surface area contributed by atoms with Crippen LogP contribution in [0, 0.1) is 6.92 Å². The molecule has 0 spiro atoms. The first-order chi connectivity index (χ1) is 8.04. The highest BCUT2D eigenvalue weighted by Gasteiger charge is 2.11. The third-order valence-corrected chi connectivity index (χ3v) is 2.87. The van der Waals surface area contributed by atoms with Crippen LogP contribution in [0.5, 0.6) is 0 Å². The van der Waals surface area contributed by atoms with E-state index in [2.05, 4.69) is 5.32 Å². The Labute approximate surface area is 98.9 Å². The smallest absolute Gasteiger partial charge is 0.251 e. The molecule has 0 aliphatic heterocycles. The third kappa shape index (κ3) is 1.82. The number of nitrogens with zero attached hydrogens (tertiary/aromatic N) is 1. The predicted octanol–water partition coefficient (Wildman–Crippen LogP) is 1.21. The molecule has 0 atom stereocenters. The Morgan fingerprint density at radius 2 is 2.00 bits per heavy atom. The van der Waals surface area contributed by atoms with E-state index in [0.29, 0.717) is 5.56 Å². The molecule has 1 heterocycles. The zero-order valence-corrected chi connectivity index (χ0v) is 10.1. The molecule has 1 aromatic heterocycles. The molecule has 0 fully saturated rings. The van der Waals surface area contributed by atoms with Crippen molar-refractivity contribution < 1.29 is 4.79 Å². The molecule has 0 unspecified atom stereocenters. The minimum absolute atomic E-state index is 0.179. The number of nitrogens with one attached hydrogen (secondary N) is 1. The highest BCUT2D eigenvalue weighted by atomic mass is 16.2. The van der Waals surface area contributed by atoms with E-state index >= 15 is 0 Å². The number of hydrogen-bond donors (Lipinski definition) is 1. The number of carbonyl (C=O) groups excluding carboxylic acids is 1. The van der Waals surface area contributed by atoms with Crippen LogP contribution in [-0.4, -0.2) is 17.5 Å². The van der Waals surface area contributed by atoms with Crippen LogP contribution in [0.25, 0.3) is 10.9 Å². The lowest BCUT2D eigenvalue weighted by atomic mass is 10.1. The van der Waals surface area contributed by atoms with E-state index in [1.807, 2.05) is 25.1 Å². The Kier molecular flexibility index (Phi) is 2.71. The quantitative estimate of drug-likeness (QED) is 0.800. The minimum Gasteiger partial charge on any atom is -0.355 e. The third-order valence-electron chi connectivity index (χ3n) is 2.87. The first-order valence-electron chi connectivity index (χ1n) is 5.37. The van der Waals surface area contributed by atoms with Gasteiger partial charge in [0.15, 0.2) is 0 Å². The highest BCUT2D eigenvalue weighted by Crippen LogP contribution is 2.17. The molecular formula is C13H14N2O2. The van der Waals surface area contributed by atoms with E-state index in [1.165, 1.54) is 6.07 Å². The van der Waals surface area contributed by atoms with Crippen LogP contribution in [0.4, 0.5) is 0 Å². The van der Waals surface area contributed by atoms with Crippen molar-refractivity contribution in [3.63, 3.8) is 0 Å². The van der Waals surface area contributed by atoms with Crippen LogP contribution in [0.1, 0.15) is 15.9 Å². The molecule has 88 valence electrons. The SMILES string of the molecule is CNC(=O)c1cc(=O)n(C)c2cc(C)ccc12. The van der Waals surface area contributed by atoms with Crippen molar-refractivity contribution in [2.75, 3.05) is 7.05 Å². The number of aromatic nitrogens is 1. The van der Waals surface area contributed by atoms with Crippen molar-refractivity contribution in [2.24, 2.45) is 7.05 Å². The number of pyridine rings is 1. The van der Waals surface area contributed by atoms with Crippen LogP contribution in [0.3, 0.4) is 0 Å². The molecule has 1 N–H and O–H groups in total. The lowest BCUT2D eigenvalue weighted by Crippen LogP contribution is -2.24. The molecule has 0 bridgehead atoms. The number of carbonyl (C=O) groups is 1. The van der Waals surface area contributed by atoms with Gasteiger partial charge < -0.3 is 9.88 Å². The molecule has 0 aliphatic rings. The average molecular weight is 230 g/mol. The van der Waals surface area contributed by atoms with Crippen molar-refractivity contribution in [3.8, 4) is 0 Å². The topological polar surface area (TPSA) is 51.1 Å². The number of rotatable bonds is 1. The Morgan fingerprint density at radius 1 is 1.29 bits per heavy atom. The molecule has 1 aromatic carbocycles. The van der Waals surface area contributed by atoms with Gasteiger partial charge in [-0.25, -0.2) is 0 Å². The van der Waals surface area contributed by atoms with Crippen molar-refractivity contribution >= 4 is 16.8 Å². The van der Waals surface area contributed by atoms with Gasteiger partial charge in [0.2, 0.25) is 0 Å². The second-order valence-electron chi connectivity index (χ2n) is 4.05. The van der Waals surface area contributed by atoms with Gasteiger partial charge in [0.05, 0.1) is 11.1 Å². The first kappa shape index (κ1) is 11.4. The van der Waals surface area contributed by atoms with E-state index in [-0.39, 0.29) is 11.5 Å². The molecule has 17 heavy (non-hydrogen) atoms. The molecule has 4 heteroatoms. The number of hydrogen-bond acceptors (Lipinski definition) is 2. The van der Waals surface area contributed by atoms with Crippen LogP contribution in [-0.2, 0) is 7.05 Å². The maximum Gasteiger partial charge on any atom is 0.251 e. The summed E-state index contributed by atoms with van der Waals surface area (Å²) in [6.45, 7) is 1.95. The summed E-state index contributed by atoms with van der Waals surface area (Å²) in [7, 11) is 3.26. The van der Waals surface area contributed by atoms with Gasteiger partial charge in [-0.15, -0.1) is 0 Å². The van der Waals surface area contributed by atoms with Gasteiger partial charge >= 0.3 is 0 Å². The summed E-state index contributed by atoms with van der Waals surface area (Å²) in [4.78, 5) is 23.5. The van der Waals surface area contributed by atoms with E-state index in [4.69, 9.17) is 0 Å². The second-order valence-corrected chi connectivity index (χ2v) is 4.05. The average Bonchev–Trinajstić information content (AvgIpc) is 2.33. The van der Waals surface area contributed by atoms with E-state index in [1.54, 1.807) is 18.7 Å². The van der Waals surface area contributed by atoms with Crippen molar-refractivity contribution in [3.05, 3.63) is 45.7 Å². The summed E-state index contributed by atoms with van der Waals surface area (Å²) in [6.07, 6.45) is 0. The van der Waals surface area contributed by atoms with Gasteiger partial charge in [-0.1, -0.05) is 12.1 Å². The van der Waals surface area contributed by atoms with Gasteiger partial charge in [0, 0.05) is 25.5 Å². The summed E-state index contributed by atoms with van der Waals surface area (Å²) in [5.41, 5.74) is 2.07. The molecule has 4 nitrogen and oxygen atoms in total. The van der Waals surface area contributed by atoms with E-state index < -0.39 is 0 Å². The van der Waals surface area contributed by atoms with Crippen LogP contribution >= 0.6 is 0 Å². The summed E-state index contributed by atoms with van der Waals surface area (Å²) < 4.78 is 1.55. The predicted molar refractivity (Wildman–Crippen MR) is 67.3 cm³/mol. The summed E-state index contributed by atoms with van der Waals surface area (Å²) >= 11 is 0. The molecule has 0 saturated heterocycles. The Bertz CT molecular complexity index is 656. The fourth-order valence-electron chi connectivity index (χ4n) is 1.89. The fraction of sp³-hybridized carbons (Fsp3) is 0.231. The summed E-state index contributed by atoms with van der Waals surface area (Å²) in [6, 6.07) is 7.08. The molecule has 0 aliphatic carbocycles. The molecule has 1 amide bonds. The van der Waals surface area contributed by atoms with Crippen molar-refractivity contribution in [1.29, 1.82) is 0 Å². The number of amides is 1. The lowest BCUT2D eigenvalue weighted by molar-refractivity contribution is 0.0964. The molecular weight excluding hydrogens is 216 g/mol. The number of benzene rings is 1.